The Balaban J connectivity index is 2.23. The number of hydrogen-bond acceptors (Lipinski definition) is 2. The van der Waals surface area contributed by atoms with Crippen LogP contribution in [0.15, 0.2) is 24.3 Å². The van der Waals surface area contributed by atoms with Gasteiger partial charge in [0, 0.05) is 30.6 Å². The second-order valence-electron chi connectivity index (χ2n) is 5.45. The summed E-state index contributed by atoms with van der Waals surface area (Å²) < 4.78 is 0. The molecule has 2 rings (SSSR count). The van der Waals surface area contributed by atoms with E-state index in [1.165, 1.54) is 11.3 Å². The molecule has 1 aromatic rings. The average molecular weight is 231 g/mol. The van der Waals surface area contributed by atoms with Gasteiger partial charge in [-0.2, -0.15) is 0 Å². The molecule has 92 valence electrons. The fraction of sp³-hybridized carbons (Fsp3) is 0.533. The predicted molar refractivity (Wildman–Crippen MR) is 71.5 cm³/mol. The quantitative estimate of drug-likeness (QED) is 0.779. The number of nitrogens with zero attached hydrogens (tertiary/aromatic N) is 1. The van der Waals surface area contributed by atoms with Crippen LogP contribution in [0.4, 0.5) is 5.69 Å². The van der Waals surface area contributed by atoms with Crippen molar-refractivity contribution in [1.29, 1.82) is 0 Å². The molecule has 1 aliphatic rings. The lowest BCUT2D eigenvalue weighted by atomic mass is 9.89. The summed E-state index contributed by atoms with van der Waals surface area (Å²) in [4.78, 5) is 13.9. The van der Waals surface area contributed by atoms with Crippen LogP contribution in [-0.4, -0.2) is 17.9 Å². The molecule has 0 aliphatic carbocycles. The molecule has 0 radical (unpaired) electrons. The minimum Gasteiger partial charge on any atom is -0.366 e. The Morgan fingerprint density at radius 1 is 1.24 bits per heavy atom. The van der Waals surface area contributed by atoms with Crippen molar-refractivity contribution in [3.63, 3.8) is 0 Å². The Bertz CT molecular complexity index is 405. The van der Waals surface area contributed by atoms with Crippen molar-refractivity contribution >= 4 is 11.5 Å². The molecule has 0 spiro atoms. The molecule has 17 heavy (non-hydrogen) atoms. The first kappa shape index (κ1) is 12.2. The third-order valence-electron chi connectivity index (χ3n) is 3.63. The number of rotatable bonds is 2. The third-order valence-corrected chi connectivity index (χ3v) is 3.63. The molecular formula is C15H21NO. The monoisotopic (exact) mass is 231 g/mol. The fourth-order valence-electron chi connectivity index (χ4n) is 2.60. The van der Waals surface area contributed by atoms with Gasteiger partial charge in [0.25, 0.3) is 0 Å². The number of benzene rings is 1. The van der Waals surface area contributed by atoms with E-state index in [9.17, 15) is 4.79 Å². The van der Waals surface area contributed by atoms with Crippen LogP contribution in [0.2, 0.25) is 0 Å². The normalized spacial score (nSPS) is 19.5. The lowest BCUT2D eigenvalue weighted by Crippen LogP contribution is -2.50. The Hall–Kier alpha value is -1.31. The summed E-state index contributed by atoms with van der Waals surface area (Å²) in [5.41, 5.74) is 2.54. The van der Waals surface area contributed by atoms with Gasteiger partial charge in [-0.3, -0.25) is 4.79 Å². The van der Waals surface area contributed by atoms with Crippen LogP contribution in [0.25, 0.3) is 0 Å². The SMILES string of the molecule is CCc1ccc(N2CCC(=O)CC2(C)C)cc1. The molecule has 1 aromatic carbocycles. The fourth-order valence-corrected chi connectivity index (χ4v) is 2.60. The molecule has 1 fully saturated rings. The van der Waals surface area contributed by atoms with Crippen molar-refractivity contribution in [2.24, 2.45) is 0 Å². The van der Waals surface area contributed by atoms with Gasteiger partial charge in [-0.25, -0.2) is 0 Å². The summed E-state index contributed by atoms with van der Waals surface area (Å²) in [5.74, 6) is 0.386. The van der Waals surface area contributed by atoms with Crippen LogP contribution in [-0.2, 0) is 11.2 Å². The van der Waals surface area contributed by atoms with E-state index in [0.717, 1.165) is 13.0 Å². The zero-order chi connectivity index (χ0) is 12.5. The zero-order valence-corrected chi connectivity index (χ0v) is 11.0. The second-order valence-corrected chi connectivity index (χ2v) is 5.45. The van der Waals surface area contributed by atoms with Crippen LogP contribution < -0.4 is 4.90 Å². The molecule has 0 saturated carbocycles. The van der Waals surface area contributed by atoms with Gasteiger partial charge in [-0.1, -0.05) is 19.1 Å². The van der Waals surface area contributed by atoms with E-state index in [2.05, 4.69) is 49.9 Å². The highest BCUT2D eigenvalue weighted by Crippen LogP contribution is 2.31. The van der Waals surface area contributed by atoms with Gasteiger partial charge in [0.05, 0.1) is 0 Å². The maximum absolute atomic E-state index is 11.5. The standard InChI is InChI=1S/C15H21NO/c1-4-12-5-7-13(8-6-12)16-10-9-14(17)11-15(16,2)3/h5-8H,4,9-11H2,1-3H3. The first-order valence-corrected chi connectivity index (χ1v) is 6.41. The summed E-state index contributed by atoms with van der Waals surface area (Å²) in [6.45, 7) is 7.31. The topological polar surface area (TPSA) is 20.3 Å². The van der Waals surface area contributed by atoms with Crippen LogP contribution in [0.1, 0.15) is 39.2 Å². The van der Waals surface area contributed by atoms with Gasteiger partial charge in [0.15, 0.2) is 0 Å². The molecule has 1 heterocycles. The summed E-state index contributed by atoms with van der Waals surface area (Å²) in [5, 5.41) is 0. The predicted octanol–water partition coefficient (Wildman–Crippen LogP) is 3.20. The van der Waals surface area contributed by atoms with E-state index in [1.807, 2.05) is 0 Å². The van der Waals surface area contributed by atoms with E-state index in [4.69, 9.17) is 0 Å². The first-order valence-electron chi connectivity index (χ1n) is 6.41. The molecule has 1 aliphatic heterocycles. The number of carbonyl (C=O) groups excluding carboxylic acids is 1. The van der Waals surface area contributed by atoms with E-state index in [1.54, 1.807) is 0 Å². The molecular weight excluding hydrogens is 210 g/mol. The number of anilines is 1. The Kier molecular flexibility index (Phi) is 3.23. The molecule has 0 atom stereocenters. The maximum atomic E-state index is 11.5. The van der Waals surface area contributed by atoms with Crippen molar-refractivity contribution in [3.05, 3.63) is 29.8 Å². The minimum absolute atomic E-state index is 0.0525. The molecule has 0 aromatic heterocycles. The molecule has 0 bridgehead atoms. The smallest absolute Gasteiger partial charge is 0.136 e. The van der Waals surface area contributed by atoms with E-state index < -0.39 is 0 Å². The summed E-state index contributed by atoms with van der Waals surface area (Å²) in [6, 6.07) is 8.72. The Morgan fingerprint density at radius 2 is 1.88 bits per heavy atom. The van der Waals surface area contributed by atoms with Crippen molar-refractivity contribution < 1.29 is 4.79 Å². The van der Waals surface area contributed by atoms with Gasteiger partial charge in [0.1, 0.15) is 5.78 Å². The lowest BCUT2D eigenvalue weighted by molar-refractivity contribution is -0.121. The zero-order valence-electron chi connectivity index (χ0n) is 11.0. The van der Waals surface area contributed by atoms with Gasteiger partial charge >= 0.3 is 0 Å². The number of hydrogen-bond donors (Lipinski definition) is 0. The van der Waals surface area contributed by atoms with Crippen molar-refractivity contribution in [1.82, 2.24) is 0 Å². The van der Waals surface area contributed by atoms with Crippen LogP contribution in [0.3, 0.4) is 0 Å². The summed E-state index contributed by atoms with van der Waals surface area (Å²) in [7, 11) is 0. The molecule has 2 nitrogen and oxygen atoms in total. The van der Waals surface area contributed by atoms with E-state index >= 15 is 0 Å². The first-order chi connectivity index (χ1) is 8.03. The number of Topliss-reactive ketones (excluding diaryl/α,β-unsaturated/α-hetero) is 1. The summed E-state index contributed by atoms with van der Waals surface area (Å²) >= 11 is 0. The molecule has 0 amide bonds. The highest BCUT2D eigenvalue weighted by Gasteiger charge is 2.33. The third kappa shape index (κ3) is 2.51. The van der Waals surface area contributed by atoms with Crippen LogP contribution in [0.5, 0.6) is 0 Å². The average Bonchev–Trinajstić information content (AvgIpc) is 2.28. The number of carbonyl (C=O) groups is 1. The largest absolute Gasteiger partial charge is 0.366 e. The van der Waals surface area contributed by atoms with Crippen molar-refractivity contribution in [2.45, 2.75) is 45.6 Å². The number of aryl methyl sites for hydroxylation is 1. The van der Waals surface area contributed by atoms with Gasteiger partial charge in [0.2, 0.25) is 0 Å². The number of ketones is 1. The van der Waals surface area contributed by atoms with Gasteiger partial charge in [-0.15, -0.1) is 0 Å². The lowest BCUT2D eigenvalue weighted by Gasteiger charge is -2.43. The minimum atomic E-state index is -0.0525. The Labute approximate surface area is 104 Å². The molecule has 2 heteroatoms. The highest BCUT2D eigenvalue weighted by molar-refractivity contribution is 5.82. The van der Waals surface area contributed by atoms with E-state index in [-0.39, 0.29) is 5.54 Å². The van der Waals surface area contributed by atoms with Crippen LogP contribution in [0, 0.1) is 0 Å². The molecule has 0 N–H and O–H groups in total. The summed E-state index contributed by atoms with van der Waals surface area (Å²) in [6.07, 6.45) is 2.41. The van der Waals surface area contributed by atoms with Gasteiger partial charge < -0.3 is 4.90 Å². The van der Waals surface area contributed by atoms with Crippen molar-refractivity contribution in [2.75, 3.05) is 11.4 Å². The highest BCUT2D eigenvalue weighted by atomic mass is 16.1. The van der Waals surface area contributed by atoms with E-state index in [0.29, 0.717) is 18.6 Å². The second kappa shape index (κ2) is 4.52. The maximum Gasteiger partial charge on any atom is 0.136 e. The van der Waals surface area contributed by atoms with Crippen molar-refractivity contribution in [3.8, 4) is 0 Å². The van der Waals surface area contributed by atoms with Gasteiger partial charge in [-0.05, 0) is 38.0 Å². The van der Waals surface area contributed by atoms with Crippen LogP contribution >= 0.6 is 0 Å². The molecule has 1 saturated heterocycles. The Morgan fingerprint density at radius 3 is 2.41 bits per heavy atom. The molecule has 0 unspecified atom stereocenters. The number of piperidine rings is 1.